The van der Waals surface area contributed by atoms with Gasteiger partial charge in [-0.15, -0.1) is 0 Å². The van der Waals surface area contributed by atoms with E-state index in [4.69, 9.17) is 16.6 Å². The van der Waals surface area contributed by atoms with E-state index >= 15 is 0 Å². The number of hydrogen-bond acceptors (Lipinski definition) is 3. The molecule has 2 N–H and O–H groups in total. The van der Waals surface area contributed by atoms with Gasteiger partial charge in [0.25, 0.3) is 0 Å². The van der Waals surface area contributed by atoms with Crippen LogP contribution in [0.1, 0.15) is 17.1 Å². The van der Waals surface area contributed by atoms with E-state index in [1.54, 1.807) is 24.3 Å². The van der Waals surface area contributed by atoms with Crippen molar-refractivity contribution >= 4 is 40.2 Å². The molecule has 0 bridgehead atoms. The average molecular weight is 406 g/mol. The quantitative estimate of drug-likeness (QED) is 0.478. The lowest BCUT2D eigenvalue weighted by Crippen LogP contribution is -2.20. The molecule has 4 aromatic rings. The lowest BCUT2D eigenvalue weighted by atomic mass is 10.2. The number of hydrogen-bond donors (Lipinski definition) is 2. The number of halogens is 1. The smallest absolute Gasteiger partial charge is 0.308 e. The van der Waals surface area contributed by atoms with Crippen molar-refractivity contribution in [3.63, 3.8) is 0 Å². The van der Waals surface area contributed by atoms with Crippen LogP contribution >= 0.6 is 11.6 Å². The van der Waals surface area contributed by atoms with Crippen molar-refractivity contribution in [2.75, 3.05) is 10.6 Å². The number of rotatable bonds is 4. The van der Waals surface area contributed by atoms with Crippen LogP contribution in [-0.4, -0.2) is 20.6 Å². The highest BCUT2D eigenvalue weighted by Crippen LogP contribution is 2.23. The minimum atomic E-state index is -0.350. The largest absolute Gasteiger partial charge is 0.323 e. The molecule has 0 saturated carbocycles. The maximum absolute atomic E-state index is 12.4. The summed E-state index contributed by atoms with van der Waals surface area (Å²) >= 11 is 5.87. The molecule has 0 fully saturated rings. The summed E-state index contributed by atoms with van der Waals surface area (Å²) in [5.41, 5.74) is 4.71. The molecule has 2 aromatic heterocycles. The molecule has 0 atom stereocenters. The zero-order valence-electron chi connectivity index (χ0n) is 16.1. The van der Waals surface area contributed by atoms with Gasteiger partial charge < -0.3 is 15.2 Å². The van der Waals surface area contributed by atoms with Crippen LogP contribution in [0, 0.1) is 13.8 Å². The molecule has 0 spiro atoms. The second-order valence-corrected chi connectivity index (χ2v) is 7.22. The molecule has 2 aromatic carbocycles. The molecule has 2 amide bonds. The first kappa shape index (κ1) is 19.0. The van der Waals surface area contributed by atoms with Gasteiger partial charge in [-0.05, 0) is 49.7 Å². The molecule has 2 heterocycles. The Hall–Kier alpha value is -3.38. The molecular formula is C22H20ClN5O. The first-order valence-corrected chi connectivity index (χ1v) is 9.59. The summed E-state index contributed by atoms with van der Waals surface area (Å²) in [5, 5.41) is 6.24. The third-order valence-corrected chi connectivity index (χ3v) is 4.89. The Bertz CT molecular complexity index is 1170. The van der Waals surface area contributed by atoms with Crippen LogP contribution in [0.3, 0.4) is 0 Å². The molecule has 0 aliphatic heterocycles. The van der Waals surface area contributed by atoms with Gasteiger partial charge >= 0.3 is 6.03 Å². The van der Waals surface area contributed by atoms with Gasteiger partial charge in [0.15, 0.2) is 5.65 Å². The van der Waals surface area contributed by atoms with Crippen LogP contribution in [0.5, 0.6) is 0 Å². The van der Waals surface area contributed by atoms with Crippen LogP contribution < -0.4 is 10.6 Å². The molecule has 0 unspecified atom stereocenters. The highest BCUT2D eigenvalue weighted by atomic mass is 35.5. The van der Waals surface area contributed by atoms with E-state index in [1.165, 1.54) is 5.56 Å². The minimum Gasteiger partial charge on any atom is -0.308 e. The topological polar surface area (TPSA) is 71.8 Å². The number of carbonyl (C=O) groups is 1. The summed E-state index contributed by atoms with van der Waals surface area (Å²) < 4.78 is 2.08. The van der Waals surface area contributed by atoms with Crippen molar-refractivity contribution in [1.29, 1.82) is 0 Å². The SMILES string of the molecule is Cc1nc2c(cc1NC(=O)Nc1ccc(Cl)cc1)nc(C)n2Cc1ccccc1. The molecular weight excluding hydrogens is 386 g/mol. The normalized spacial score (nSPS) is 10.9. The number of aryl methyl sites for hydroxylation is 2. The van der Waals surface area contributed by atoms with E-state index in [-0.39, 0.29) is 6.03 Å². The van der Waals surface area contributed by atoms with Crippen molar-refractivity contribution in [2.24, 2.45) is 0 Å². The number of imidazole rings is 1. The Balaban J connectivity index is 1.57. The average Bonchev–Trinajstić information content (AvgIpc) is 2.99. The fourth-order valence-corrected chi connectivity index (χ4v) is 3.28. The van der Waals surface area contributed by atoms with E-state index in [0.29, 0.717) is 22.9 Å². The number of fused-ring (bicyclic) bond motifs is 1. The van der Waals surface area contributed by atoms with Crippen molar-refractivity contribution in [3.8, 4) is 0 Å². The fourth-order valence-electron chi connectivity index (χ4n) is 3.15. The second kappa shape index (κ2) is 7.93. The number of aromatic nitrogens is 3. The molecule has 29 heavy (non-hydrogen) atoms. The number of pyridine rings is 1. The van der Waals surface area contributed by atoms with Crippen LogP contribution in [0.25, 0.3) is 11.2 Å². The Kier molecular flexibility index (Phi) is 5.18. The van der Waals surface area contributed by atoms with Crippen molar-refractivity contribution in [1.82, 2.24) is 14.5 Å². The molecule has 0 aliphatic carbocycles. The second-order valence-electron chi connectivity index (χ2n) is 6.78. The predicted molar refractivity (Wildman–Crippen MR) is 117 cm³/mol. The summed E-state index contributed by atoms with van der Waals surface area (Å²) in [6, 6.07) is 18.6. The van der Waals surface area contributed by atoms with Crippen molar-refractivity contribution in [3.05, 3.63) is 82.8 Å². The Morgan fingerprint density at radius 1 is 1.00 bits per heavy atom. The monoisotopic (exact) mass is 405 g/mol. The number of amides is 2. The van der Waals surface area contributed by atoms with Crippen LogP contribution in [0.15, 0.2) is 60.7 Å². The van der Waals surface area contributed by atoms with Crippen LogP contribution in [-0.2, 0) is 6.54 Å². The zero-order valence-corrected chi connectivity index (χ0v) is 16.9. The van der Waals surface area contributed by atoms with Gasteiger partial charge in [0.2, 0.25) is 0 Å². The molecule has 0 saturated heterocycles. The molecule has 0 aliphatic rings. The first-order valence-electron chi connectivity index (χ1n) is 9.21. The zero-order chi connectivity index (χ0) is 20.4. The molecule has 6 nitrogen and oxygen atoms in total. The Labute approximate surface area is 173 Å². The standard InChI is InChI=1S/C22H20ClN5O/c1-14-19(27-22(29)26-18-10-8-17(23)9-11-18)12-20-21(24-14)28(15(2)25-20)13-16-6-4-3-5-7-16/h3-12H,13H2,1-2H3,(H2,26,27,29). The van der Waals surface area contributed by atoms with E-state index in [9.17, 15) is 4.79 Å². The lowest BCUT2D eigenvalue weighted by Gasteiger charge is -2.11. The molecule has 146 valence electrons. The van der Waals surface area contributed by atoms with Crippen LogP contribution in [0.4, 0.5) is 16.2 Å². The number of carbonyl (C=O) groups excluding carboxylic acids is 1. The van der Waals surface area contributed by atoms with Gasteiger partial charge in [0.1, 0.15) is 11.3 Å². The van der Waals surface area contributed by atoms with Gasteiger partial charge in [-0.1, -0.05) is 41.9 Å². The number of nitrogens with zero attached hydrogens (tertiary/aromatic N) is 3. The first-order chi connectivity index (χ1) is 14.0. The predicted octanol–water partition coefficient (Wildman–Crippen LogP) is 5.39. The maximum Gasteiger partial charge on any atom is 0.323 e. The van der Waals surface area contributed by atoms with Gasteiger partial charge in [-0.2, -0.15) is 0 Å². The van der Waals surface area contributed by atoms with E-state index in [2.05, 4.69) is 32.3 Å². The summed E-state index contributed by atoms with van der Waals surface area (Å²) in [6.45, 7) is 4.52. The molecule has 7 heteroatoms. The van der Waals surface area contributed by atoms with E-state index in [0.717, 1.165) is 22.7 Å². The number of urea groups is 1. The summed E-state index contributed by atoms with van der Waals surface area (Å²) in [4.78, 5) is 21.7. The highest BCUT2D eigenvalue weighted by Gasteiger charge is 2.14. The lowest BCUT2D eigenvalue weighted by molar-refractivity contribution is 0.262. The summed E-state index contributed by atoms with van der Waals surface area (Å²) in [6.07, 6.45) is 0. The minimum absolute atomic E-state index is 0.350. The maximum atomic E-state index is 12.4. The number of anilines is 2. The van der Waals surface area contributed by atoms with Gasteiger partial charge in [0.05, 0.1) is 17.9 Å². The summed E-state index contributed by atoms with van der Waals surface area (Å²) in [7, 11) is 0. The summed E-state index contributed by atoms with van der Waals surface area (Å²) in [5.74, 6) is 0.874. The third kappa shape index (κ3) is 4.22. The van der Waals surface area contributed by atoms with Gasteiger partial charge in [-0.3, -0.25) is 0 Å². The Morgan fingerprint density at radius 2 is 1.72 bits per heavy atom. The number of benzene rings is 2. The third-order valence-electron chi connectivity index (χ3n) is 4.64. The molecule has 4 rings (SSSR count). The van der Waals surface area contributed by atoms with E-state index < -0.39 is 0 Å². The van der Waals surface area contributed by atoms with Crippen molar-refractivity contribution < 1.29 is 4.79 Å². The van der Waals surface area contributed by atoms with Crippen LogP contribution in [0.2, 0.25) is 5.02 Å². The number of nitrogens with one attached hydrogen (secondary N) is 2. The van der Waals surface area contributed by atoms with E-state index in [1.807, 2.05) is 38.1 Å². The van der Waals surface area contributed by atoms with Gasteiger partial charge in [0, 0.05) is 10.7 Å². The Morgan fingerprint density at radius 3 is 2.45 bits per heavy atom. The van der Waals surface area contributed by atoms with Gasteiger partial charge in [-0.25, -0.2) is 14.8 Å². The van der Waals surface area contributed by atoms with Crippen molar-refractivity contribution in [2.45, 2.75) is 20.4 Å². The fraction of sp³-hybridized carbons (Fsp3) is 0.136. The molecule has 0 radical (unpaired) electrons. The highest BCUT2D eigenvalue weighted by molar-refractivity contribution is 6.30.